The summed E-state index contributed by atoms with van der Waals surface area (Å²) in [5.41, 5.74) is 0.890. The molecule has 0 aliphatic rings. The summed E-state index contributed by atoms with van der Waals surface area (Å²) in [5.74, 6) is 0.784. The molecule has 1 rings (SSSR count). The summed E-state index contributed by atoms with van der Waals surface area (Å²) < 4.78 is 5.08. The lowest BCUT2D eigenvalue weighted by Gasteiger charge is -2.12. The van der Waals surface area contributed by atoms with E-state index in [-0.39, 0.29) is 12.1 Å². The fourth-order valence-electron chi connectivity index (χ4n) is 1.97. The maximum Gasteiger partial charge on any atom is 0.314 e. The van der Waals surface area contributed by atoms with Gasteiger partial charge in [-0.05, 0) is 50.8 Å². The van der Waals surface area contributed by atoms with E-state index < -0.39 is 6.10 Å². The standard InChI is InChI=1S/C16H26N2O3/c1-12(2)18-16(20)17-11-5-4-6-15(19)13-7-9-14(21-3)10-8-13/h7-10,12,15,19H,4-6,11H2,1-3H3,(H2,17,18,20). The second-order valence-corrected chi connectivity index (χ2v) is 5.34. The first kappa shape index (κ1) is 17.3. The molecule has 21 heavy (non-hydrogen) atoms. The van der Waals surface area contributed by atoms with Gasteiger partial charge in [-0.3, -0.25) is 0 Å². The molecule has 0 saturated heterocycles. The fourth-order valence-corrected chi connectivity index (χ4v) is 1.97. The van der Waals surface area contributed by atoms with Crippen LogP contribution in [0.1, 0.15) is 44.8 Å². The number of rotatable bonds is 8. The van der Waals surface area contributed by atoms with Crippen molar-refractivity contribution in [3.8, 4) is 5.75 Å². The van der Waals surface area contributed by atoms with Crippen LogP contribution in [-0.4, -0.2) is 30.8 Å². The summed E-state index contributed by atoms with van der Waals surface area (Å²) >= 11 is 0. The van der Waals surface area contributed by atoms with Gasteiger partial charge in [0, 0.05) is 12.6 Å². The van der Waals surface area contributed by atoms with Gasteiger partial charge in [-0.1, -0.05) is 12.1 Å². The molecule has 0 heterocycles. The van der Waals surface area contributed by atoms with Crippen molar-refractivity contribution in [1.29, 1.82) is 0 Å². The molecule has 3 N–H and O–H groups in total. The van der Waals surface area contributed by atoms with E-state index in [1.165, 1.54) is 0 Å². The molecule has 0 radical (unpaired) electrons. The summed E-state index contributed by atoms with van der Waals surface area (Å²) in [6, 6.07) is 7.44. The lowest BCUT2D eigenvalue weighted by atomic mass is 10.0. The number of hydrogen-bond acceptors (Lipinski definition) is 3. The van der Waals surface area contributed by atoms with Gasteiger partial charge in [-0.25, -0.2) is 4.79 Å². The zero-order chi connectivity index (χ0) is 15.7. The van der Waals surface area contributed by atoms with Crippen LogP contribution in [-0.2, 0) is 0 Å². The molecule has 0 bridgehead atoms. The molecule has 1 aromatic carbocycles. The average Bonchev–Trinajstić information content (AvgIpc) is 2.46. The average molecular weight is 294 g/mol. The third-order valence-corrected chi connectivity index (χ3v) is 3.11. The molecule has 0 aliphatic heterocycles. The van der Waals surface area contributed by atoms with Crippen molar-refractivity contribution in [3.05, 3.63) is 29.8 Å². The maximum absolute atomic E-state index is 11.3. The van der Waals surface area contributed by atoms with E-state index in [0.717, 1.165) is 24.2 Å². The highest BCUT2D eigenvalue weighted by molar-refractivity contribution is 5.73. The van der Waals surface area contributed by atoms with Gasteiger partial charge in [-0.15, -0.1) is 0 Å². The number of urea groups is 1. The number of nitrogens with one attached hydrogen (secondary N) is 2. The van der Waals surface area contributed by atoms with Gasteiger partial charge in [0.25, 0.3) is 0 Å². The maximum atomic E-state index is 11.3. The number of carbonyl (C=O) groups is 1. The first-order valence-corrected chi connectivity index (χ1v) is 7.39. The zero-order valence-corrected chi connectivity index (χ0v) is 13.1. The van der Waals surface area contributed by atoms with Crippen molar-refractivity contribution in [1.82, 2.24) is 10.6 Å². The van der Waals surface area contributed by atoms with Crippen LogP contribution in [0.15, 0.2) is 24.3 Å². The van der Waals surface area contributed by atoms with Crippen LogP contribution in [0.25, 0.3) is 0 Å². The van der Waals surface area contributed by atoms with Crippen LogP contribution in [0.5, 0.6) is 5.75 Å². The predicted octanol–water partition coefficient (Wildman–Crippen LogP) is 2.61. The van der Waals surface area contributed by atoms with Gasteiger partial charge < -0.3 is 20.5 Å². The first-order valence-electron chi connectivity index (χ1n) is 7.39. The van der Waals surface area contributed by atoms with Crippen molar-refractivity contribution >= 4 is 6.03 Å². The van der Waals surface area contributed by atoms with Crippen molar-refractivity contribution in [2.45, 2.75) is 45.3 Å². The number of carbonyl (C=O) groups excluding carboxylic acids is 1. The minimum absolute atomic E-state index is 0.138. The number of amides is 2. The summed E-state index contributed by atoms with van der Waals surface area (Å²) in [6.45, 7) is 4.46. The van der Waals surface area contributed by atoms with Crippen LogP contribution >= 0.6 is 0 Å². The van der Waals surface area contributed by atoms with E-state index in [1.54, 1.807) is 7.11 Å². The second-order valence-electron chi connectivity index (χ2n) is 5.34. The Morgan fingerprint density at radius 3 is 2.48 bits per heavy atom. The molecule has 0 saturated carbocycles. The van der Waals surface area contributed by atoms with Crippen LogP contribution < -0.4 is 15.4 Å². The molecular weight excluding hydrogens is 268 g/mol. The van der Waals surface area contributed by atoms with Crippen molar-refractivity contribution < 1.29 is 14.6 Å². The molecule has 0 aromatic heterocycles. The number of ether oxygens (including phenoxy) is 1. The fraction of sp³-hybridized carbons (Fsp3) is 0.562. The van der Waals surface area contributed by atoms with Gasteiger partial charge in [0.05, 0.1) is 13.2 Å². The predicted molar refractivity (Wildman–Crippen MR) is 83.5 cm³/mol. The zero-order valence-electron chi connectivity index (χ0n) is 13.1. The van der Waals surface area contributed by atoms with Gasteiger partial charge in [0.1, 0.15) is 5.75 Å². The van der Waals surface area contributed by atoms with Crippen LogP contribution in [0.2, 0.25) is 0 Å². The van der Waals surface area contributed by atoms with Crippen LogP contribution in [0.3, 0.4) is 0 Å². The topological polar surface area (TPSA) is 70.6 Å². The molecule has 2 amide bonds. The molecular formula is C16H26N2O3. The number of hydrogen-bond donors (Lipinski definition) is 3. The smallest absolute Gasteiger partial charge is 0.314 e. The quantitative estimate of drug-likeness (QED) is 0.645. The van der Waals surface area contributed by atoms with Crippen LogP contribution in [0, 0.1) is 0 Å². The van der Waals surface area contributed by atoms with Gasteiger partial charge >= 0.3 is 6.03 Å². The highest BCUT2D eigenvalue weighted by atomic mass is 16.5. The number of methoxy groups -OCH3 is 1. The lowest BCUT2D eigenvalue weighted by molar-refractivity contribution is 0.163. The van der Waals surface area contributed by atoms with E-state index in [9.17, 15) is 9.90 Å². The Morgan fingerprint density at radius 1 is 1.24 bits per heavy atom. The number of aliphatic hydroxyl groups excluding tert-OH is 1. The third kappa shape index (κ3) is 6.99. The summed E-state index contributed by atoms with van der Waals surface area (Å²) in [6.07, 6.45) is 1.91. The van der Waals surface area contributed by atoms with E-state index in [1.807, 2.05) is 38.1 Å². The van der Waals surface area contributed by atoms with E-state index >= 15 is 0 Å². The molecule has 1 aromatic rings. The van der Waals surface area contributed by atoms with Crippen molar-refractivity contribution in [2.75, 3.05) is 13.7 Å². The molecule has 1 atom stereocenters. The molecule has 5 nitrogen and oxygen atoms in total. The minimum atomic E-state index is -0.472. The Kier molecular flexibility index (Phi) is 7.61. The summed E-state index contributed by atoms with van der Waals surface area (Å²) in [5, 5.41) is 15.6. The van der Waals surface area contributed by atoms with E-state index in [0.29, 0.717) is 13.0 Å². The molecule has 0 aliphatic carbocycles. The highest BCUT2D eigenvalue weighted by Crippen LogP contribution is 2.21. The normalized spacial score (nSPS) is 12.0. The molecule has 118 valence electrons. The summed E-state index contributed by atoms with van der Waals surface area (Å²) in [4.78, 5) is 11.3. The van der Waals surface area contributed by atoms with Crippen molar-refractivity contribution in [2.24, 2.45) is 0 Å². The second kappa shape index (κ2) is 9.23. The Bertz CT molecular complexity index is 418. The van der Waals surface area contributed by atoms with E-state index in [2.05, 4.69) is 10.6 Å². The van der Waals surface area contributed by atoms with Gasteiger partial charge in [0.2, 0.25) is 0 Å². The van der Waals surface area contributed by atoms with E-state index in [4.69, 9.17) is 4.74 Å². The Balaban J connectivity index is 2.18. The largest absolute Gasteiger partial charge is 0.497 e. The first-order chi connectivity index (χ1) is 10.0. The number of benzene rings is 1. The van der Waals surface area contributed by atoms with Gasteiger partial charge in [0.15, 0.2) is 0 Å². The molecule has 5 heteroatoms. The SMILES string of the molecule is COc1ccc(C(O)CCCCNC(=O)NC(C)C)cc1. The molecule has 0 spiro atoms. The molecule has 0 fully saturated rings. The number of aliphatic hydroxyl groups is 1. The summed E-state index contributed by atoms with van der Waals surface area (Å²) in [7, 11) is 1.62. The van der Waals surface area contributed by atoms with Crippen molar-refractivity contribution in [3.63, 3.8) is 0 Å². The Labute approximate surface area is 126 Å². The number of unbranched alkanes of at least 4 members (excludes halogenated alkanes) is 1. The highest BCUT2D eigenvalue weighted by Gasteiger charge is 2.07. The third-order valence-electron chi connectivity index (χ3n) is 3.11. The monoisotopic (exact) mass is 294 g/mol. The Morgan fingerprint density at radius 2 is 1.90 bits per heavy atom. The molecule has 1 unspecified atom stereocenters. The minimum Gasteiger partial charge on any atom is -0.497 e. The Hall–Kier alpha value is -1.75. The van der Waals surface area contributed by atoms with Gasteiger partial charge in [-0.2, -0.15) is 0 Å². The lowest BCUT2D eigenvalue weighted by Crippen LogP contribution is -2.39. The van der Waals surface area contributed by atoms with Crippen LogP contribution in [0.4, 0.5) is 4.79 Å².